The molecule has 0 atom stereocenters. The topological polar surface area (TPSA) is 58.0 Å². The summed E-state index contributed by atoms with van der Waals surface area (Å²) in [6.07, 6.45) is 4.94. The molecule has 0 aromatic carbocycles. The minimum absolute atomic E-state index is 0.109. The van der Waals surface area contributed by atoms with Crippen LogP contribution in [0.2, 0.25) is 0 Å². The predicted octanol–water partition coefficient (Wildman–Crippen LogP) is 1.54. The third-order valence-corrected chi connectivity index (χ3v) is 1.86. The number of hydrogen-bond donors (Lipinski definition) is 2. The fourth-order valence-electron chi connectivity index (χ4n) is 1.15. The first-order valence-corrected chi connectivity index (χ1v) is 4.29. The van der Waals surface area contributed by atoms with Crippen molar-refractivity contribution in [2.45, 2.75) is 6.54 Å². The molecule has 0 radical (unpaired) electrons. The van der Waals surface area contributed by atoms with E-state index in [2.05, 4.69) is 10.3 Å². The Hall–Kier alpha value is -1.97. The highest BCUT2D eigenvalue weighted by Gasteiger charge is 2.05. The molecular formula is C10H10N2O2. The average Bonchev–Trinajstić information content (AvgIpc) is 2.87. The number of furan rings is 1. The molecule has 0 saturated heterocycles. The lowest BCUT2D eigenvalue weighted by Crippen LogP contribution is -2.21. The average molecular weight is 190 g/mol. The summed E-state index contributed by atoms with van der Waals surface area (Å²) in [6.45, 7) is 0.414. The summed E-state index contributed by atoms with van der Waals surface area (Å²) in [5, 5.41) is 2.73. The highest BCUT2D eigenvalue weighted by molar-refractivity contribution is 5.93. The largest absolute Gasteiger partial charge is 0.467 e. The van der Waals surface area contributed by atoms with E-state index in [1.165, 1.54) is 0 Å². The highest BCUT2D eigenvalue weighted by Crippen LogP contribution is 2.00. The molecule has 0 aliphatic carbocycles. The zero-order valence-corrected chi connectivity index (χ0v) is 7.49. The van der Waals surface area contributed by atoms with Gasteiger partial charge in [0.05, 0.1) is 18.4 Å². The van der Waals surface area contributed by atoms with E-state index < -0.39 is 0 Å². The Kier molecular flexibility index (Phi) is 2.36. The van der Waals surface area contributed by atoms with Gasteiger partial charge in [0.25, 0.3) is 5.91 Å². The molecule has 0 aliphatic rings. The Balaban J connectivity index is 1.90. The zero-order valence-electron chi connectivity index (χ0n) is 7.49. The van der Waals surface area contributed by atoms with Gasteiger partial charge in [-0.05, 0) is 18.2 Å². The predicted molar refractivity (Wildman–Crippen MR) is 50.7 cm³/mol. The molecule has 2 N–H and O–H groups in total. The number of aromatic nitrogens is 1. The molecule has 4 heteroatoms. The third kappa shape index (κ3) is 1.85. The van der Waals surface area contributed by atoms with Gasteiger partial charge in [-0.3, -0.25) is 4.79 Å². The first kappa shape index (κ1) is 8.62. The summed E-state index contributed by atoms with van der Waals surface area (Å²) in [7, 11) is 0. The Labute approximate surface area is 80.9 Å². The standard InChI is InChI=1S/C10H10N2O2/c13-10(8-3-4-11-6-8)12-7-9-2-1-5-14-9/h1-6,11H,7H2,(H,12,13). The van der Waals surface area contributed by atoms with Gasteiger partial charge in [-0.25, -0.2) is 0 Å². The number of nitrogens with one attached hydrogen (secondary N) is 2. The summed E-state index contributed by atoms with van der Waals surface area (Å²) in [4.78, 5) is 14.2. The van der Waals surface area contributed by atoms with Gasteiger partial charge < -0.3 is 14.7 Å². The van der Waals surface area contributed by atoms with E-state index >= 15 is 0 Å². The summed E-state index contributed by atoms with van der Waals surface area (Å²) >= 11 is 0. The fourth-order valence-corrected chi connectivity index (χ4v) is 1.15. The van der Waals surface area contributed by atoms with Gasteiger partial charge >= 0.3 is 0 Å². The second-order valence-electron chi connectivity index (χ2n) is 2.86. The van der Waals surface area contributed by atoms with Gasteiger partial charge in [-0.15, -0.1) is 0 Å². The number of aromatic amines is 1. The fraction of sp³-hybridized carbons (Fsp3) is 0.100. The van der Waals surface area contributed by atoms with Crippen molar-refractivity contribution in [1.82, 2.24) is 10.3 Å². The molecule has 2 aromatic rings. The van der Waals surface area contributed by atoms with Crippen molar-refractivity contribution in [3.05, 3.63) is 48.2 Å². The second kappa shape index (κ2) is 3.83. The molecule has 0 spiro atoms. The van der Waals surface area contributed by atoms with Crippen molar-refractivity contribution in [3.63, 3.8) is 0 Å². The number of rotatable bonds is 3. The van der Waals surface area contributed by atoms with Crippen molar-refractivity contribution >= 4 is 5.91 Å². The maximum atomic E-state index is 11.4. The summed E-state index contributed by atoms with van der Waals surface area (Å²) in [5.41, 5.74) is 0.622. The van der Waals surface area contributed by atoms with Crippen LogP contribution in [0, 0.1) is 0 Å². The van der Waals surface area contributed by atoms with E-state index in [1.807, 2.05) is 6.07 Å². The molecule has 2 aromatic heterocycles. The van der Waals surface area contributed by atoms with Crippen molar-refractivity contribution < 1.29 is 9.21 Å². The van der Waals surface area contributed by atoms with Crippen LogP contribution < -0.4 is 5.32 Å². The minimum Gasteiger partial charge on any atom is -0.467 e. The van der Waals surface area contributed by atoms with Crippen molar-refractivity contribution in [3.8, 4) is 0 Å². The first-order chi connectivity index (χ1) is 6.86. The van der Waals surface area contributed by atoms with Gasteiger partial charge in [0.1, 0.15) is 5.76 Å². The van der Waals surface area contributed by atoms with Crippen LogP contribution >= 0.6 is 0 Å². The number of carbonyl (C=O) groups excluding carboxylic acids is 1. The van der Waals surface area contributed by atoms with Crippen LogP contribution in [0.5, 0.6) is 0 Å². The monoisotopic (exact) mass is 190 g/mol. The molecule has 72 valence electrons. The summed E-state index contributed by atoms with van der Waals surface area (Å²) in [6, 6.07) is 5.33. The Morgan fingerprint density at radius 3 is 3.07 bits per heavy atom. The van der Waals surface area contributed by atoms with Crippen molar-refractivity contribution in [1.29, 1.82) is 0 Å². The highest BCUT2D eigenvalue weighted by atomic mass is 16.3. The molecule has 0 bridgehead atoms. The Morgan fingerprint density at radius 2 is 2.43 bits per heavy atom. The summed E-state index contributed by atoms with van der Waals surface area (Å²) < 4.78 is 5.08. The van der Waals surface area contributed by atoms with Gasteiger partial charge in [0, 0.05) is 12.4 Å². The first-order valence-electron chi connectivity index (χ1n) is 4.29. The van der Waals surface area contributed by atoms with E-state index in [0.29, 0.717) is 12.1 Å². The molecular weight excluding hydrogens is 180 g/mol. The number of amides is 1. The zero-order chi connectivity index (χ0) is 9.80. The quantitative estimate of drug-likeness (QED) is 0.771. The maximum Gasteiger partial charge on any atom is 0.253 e. The molecule has 0 aliphatic heterocycles. The van der Waals surface area contributed by atoms with E-state index in [-0.39, 0.29) is 5.91 Å². The molecule has 2 rings (SSSR count). The third-order valence-electron chi connectivity index (χ3n) is 1.86. The second-order valence-corrected chi connectivity index (χ2v) is 2.86. The van der Waals surface area contributed by atoms with Crippen molar-refractivity contribution in [2.75, 3.05) is 0 Å². The van der Waals surface area contributed by atoms with Gasteiger partial charge in [-0.2, -0.15) is 0 Å². The van der Waals surface area contributed by atoms with E-state index in [0.717, 1.165) is 5.76 Å². The maximum absolute atomic E-state index is 11.4. The van der Waals surface area contributed by atoms with E-state index in [1.54, 1.807) is 30.8 Å². The van der Waals surface area contributed by atoms with Crippen molar-refractivity contribution in [2.24, 2.45) is 0 Å². The van der Waals surface area contributed by atoms with Crippen LogP contribution in [-0.2, 0) is 6.54 Å². The van der Waals surface area contributed by atoms with Gasteiger partial charge in [0.2, 0.25) is 0 Å². The van der Waals surface area contributed by atoms with Crippen LogP contribution in [-0.4, -0.2) is 10.9 Å². The lowest BCUT2D eigenvalue weighted by atomic mass is 10.3. The lowest BCUT2D eigenvalue weighted by Gasteiger charge is -1.99. The molecule has 2 heterocycles. The normalized spacial score (nSPS) is 10.0. The van der Waals surface area contributed by atoms with Crippen LogP contribution in [0.1, 0.15) is 16.1 Å². The molecule has 0 fully saturated rings. The van der Waals surface area contributed by atoms with E-state index in [4.69, 9.17) is 4.42 Å². The molecule has 0 unspecified atom stereocenters. The SMILES string of the molecule is O=C(NCc1ccco1)c1cc[nH]c1. The number of H-pyrrole nitrogens is 1. The molecule has 4 nitrogen and oxygen atoms in total. The number of carbonyl (C=O) groups is 1. The van der Waals surface area contributed by atoms with Gasteiger partial charge in [0.15, 0.2) is 0 Å². The van der Waals surface area contributed by atoms with E-state index in [9.17, 15) is 4.79 Å². The van der Waals surface area contributed by atoms with Crippen LogP contribution in [0.25, 0.3) is 0 Å². The van der Waals surface area contributed by atoms with Crippen LogP contribution in [0.15, 0.2) is 41.3 Å². The lowest BCUT2D eigenvalue weighted by molar-refractivity contribution is 0.0948. The number of hydrogen-bond acceptors (Lipinski definition) is 2. The van der Waals surface area contributed by atoms with Gasteiger partial charge in [-0.1, -0.05) is 0 Å². The molecule has 1 amide bonds. The van der Waals surface area contributed by atoms with Crippen LogP contribution in [0.4, 0.5) is 0 Å². The minimum atomic E-state index is -0.109. The summed E-state index contributed by atoms with van der Waals surface area (Å²) in [5.74, 6) is 0.636. The Bertz CT molecular complexity index is 390. The molecule has 0 saturated carbocycles. The molecule has 14 heavy (non-hydrogen) atoms. The Morgan fingerprint density at radius 1 is 1.50 bits per heavy atom. The smallest absolute Gasteiger partial charge is 0.253 e. The van der Waals surface area contributed by atoms with Crippen LogP contribution in [0.3, 0.4) is 0 Å².